The van der Waals surface area contributed by atoms with E-state index in [1.807, 2.05) is 6.92 Å². The van der Waals surface area contributed by atoms with Crippen molar-refractivity contribution >= 4 is 10.0 Å². The molecule has 0 radical (unpaired) electrons. The Kier molecular flexibility index (Phi) is 3.70. The van der Waals surface area contributed by atoms with E-state index < -0.39 is 10.0 Å². The SMILES string of the molecule is CNCCS(=O)(=O)NC(C)C1CC1. The van der Waals surface area contributed by atoms with Crippen LogP contribution in [0, 0.1) is 5.92 Å². The third-order valence-corrected chi connectivity index (χ3v) is 3.79. The molecule has 1 aliphatic carbocycles. The number of hydrogen-bond acceptors (Lipinski definition) is 3. The topological polar surface area (TPSA) is 58.2 Å². The predicted molar refractivity (Wildman–Crippen MR) is 53.0 cm³/mol. The summed E-state index contributed by atoms with van der Waals surface area (Å²) in [6.45, 7) is 2.45. The van der Waals surface area contributed by atoms with E-state index >= 15 is 0 Å². The van der Waals surface area contributed by atoms with Gasteiger partial charge in [0.15, 0.2) is 0 Å². The Morgan fingerprint density at radius 2 is 2.08 bits per heavy atom. The molecule has 1 rings (SSSR count). The lowest BCUT2D eigenvalue weighted by atomic mass is 10.2. The maximum atomic E-state index is 11.4. The number of sulfonamides is 1. The molecule has 2 N–H and O–H groups in total. The van der Waals surface area contributed by atoms with Crippen LogP contribution in [0.2, 0.25) is 0 Å². The van der Waals surface area contributed by atoms with E-state index in [4.69, 9.17) is 0 Å². The monoisotopic (exact) mass is 206 g/mol. The Morgan fingerprint density at radius 3 is 2.54 bits per heavy atom. The van der Waals surface area contributed by atoms with Crippen LogP contribution in [-0.4, -0.2) is 33.8 Å². The fraction of sp³-hybridized carbons (Fsp3) is 1.00. The highest BCUT2D eigenvalue weighted by Crippen LogP contribution is 2.32. The standard InChI is InChI=1S/C8H18N2O2S/c1-7(8-3-4-8)10-13(11,12)6-5-9-2/h7-10H,3-6H2,1-2H3. The van der Waals surface area contributed by atoms with Gasteiger partial charge in [0.05, 0.1) is 5.75 Å². The Bertz CT molecular complexity index is 247. The van der Waals surface area contributed by atoms with Crippen LogP contribution >= 0.6 is 0 Å². The fourth-order valence-electron chi connectivity index (χ4n) is 1.27. The first-order chi connectivity index (χ1) is 6.05. The van der Waals surface area contributed by atoms with E-state index in [9.17, 15) is 8.42 Å². The van der Waals surface area contributed by atoms with Crippen LogP contribution in [0.15, 0.2) is 0 Å². The van der Waals surface area contributed by atoms with E-state index in [1.165, 1.54) is 0 Å². The van der Waals surface area contributed by atoms with Gasteiger partial charge >= 0.3 is 0 Å². The molecule has 4 nitrogen and oxygen atoms in total. The molecular formula is C8H18N2O2S. The first-order valence-corrected chi connectivity index (χ1v) is 6.35. The number of nitrogens with one attached hydrogen (secondary N) is 2. The molecule has 1 atom stereocenters. The average molecular weight is 206 g/mol. The molecule has 1 aliphatic rings. The van der Waals surface area contributed by atoms with Gasteiger partial charge in [-0.1, -0.05) is 0 Å². The summed E-state index contributed by atoms with van der Waals surface area (Å²) in [5.41, 5.74) is 0. The van der Waals surface area contributed by atoms with Crippen molar-refractivity contribution in [3.63, 3.8) is 0 Å². The highest BCUT2D eigenvalue weighted by Gasteiger charge is 2.30. The van der Waals surface area contributed by atoms with Crippen LogP contribution in [0.25, 0.3) is 0 Å². The molecule has 78 valence electrons. The van der Waals surface area contributed by atoms with Gasteiger partial charge < -0.3 is 5.32 Å². The summed E-state index contributed by atoms with van der Waals surface area (Å²) >= 11 is 0. The zero-order valence-electron chi connectivity index (χ0n) is 8.21. The summed E-state index contributed by atoms with van der Waals surface area (Å²) in [6, 6.07) is 0.113. The van der Waals surface area contributed by atoms with Crippen molar-refractivity contribution in [1.82, 2.24) is 10.0 Å². The summed E-state index contributed by atoms with van der Waals surface area (Å²) in [4.78, 5) is 0. The zero-order valence-corrected chi connectivity index (χ0v) is 9.02. The largest absolute Gasteiger partial charge is 0.319 e. The van der Waals surface area contributed by atoms with Gasteiger partial charge in [-0.05, 0) is 32.7 Å². The zero-order chi connectivity index (χ0) is 9.90. The molecule has 0 saturated heterocycles. The van der Waals surface area contributed by atoms with E-state index in [0.717, 1.165) is 12.8 Å². The van der Waals surface area contributed by atoms with Crippen molar-refractivity contribution in [3.8, 4) is 0 Å². The second kappa shape index (κ2) is 4.39. The van der Waals surface area contributed by atoms with Gasteiger partial charge in [0, 0.05) is 12.6 Å². The van der Waals surface area contributed by atoms with Gasteiger partial charge in [-0.2, -0.15) is 0 Å². The summed E-state index contributed by atoms with van der Waals surface area (Å²) in [5.74, 6) is 0.741. The maximum absolute atomic E-state index is 11.4. The van der Waals surface area contributed by atoms with Crippen molar-refractivity contribution in [2.45, 2.75) is 25.8 Å². The van der Waals surface area contributed by atoms with E-state index in [0.29, 0.717) is 12.5 Å². The fourth-order valence-corrected chi connectivity index (χ4v) is 2.62. The van der Waals surface area contributed by atoms with Crippen LogP contribution in [0.3, 0.4) is 0 Å². The summed E-state index contributed by atoms with van der Waals surface area (Å²) in [5, 5.41) is 2.82. The molecule has 0 spiro atoms. The van der Waals surface area contributed by atoms with Crippen molar-refractivity contribution in [3.05, 3.63) is 0 Å². The first-order valence-electron chi connectivity index (χ1n) is 4.70. The molecule has 0 bridgehead atoms. The van der Waals surface area contributed by atoms with Crippen molar-refractivity contribution in [2.24, 2.45) is 5.92 Å². The minimum atomic E-state index is -3.06. The van der Waals surface area contributed by atoms with Crippen LogP contribution < -0.4 is 10.0 Å². The van der Waals surface area contributed by atoms with Gasteiger partial charge in [0.25, 0.3) is 0 Å². The highest BCUT2D eigenvalue weighted by atomic mass is 32.2. The Hall–Kier alpha value is -0.130. The molecule has 0 aliphatic heterocycles. The van der Waals surface area contributed by atoms with Gasteiger partial charge in [-0.15, -0.1) is 0 Å². The lowest BCUT2D eigenvalue weighted by Crippen LogP contribution is -2.37. The molecule has 0 aromatic rings. The molecule has 13 heavy (non-hydrogen) atoms. The van der Waals surface area contributed by atoms with Gasteiger partial charge in [0.2, 0.25) is 10.0 Å². The Balaban J connectivity index is 2.31. The van der Waals surface area contributed by atoms with Crippen LogP contribution in [0.4, 0.5) is 0 Å². The van der Waals surface area contributed by atoms with E-state index in [2.05, 4.69) is 10.0 Å². The lowest BCUT2D eigenvalue weighted by molar-refractivity contribution is 0.536. The highest BCUT2D eigenvalue weighted by molar-refractivity contribution is 7.89. The smallest absolute Gasteiger partial charge is 0.213 e. The molecule has 1 saturated carbocycles. The maximum Gasteiger partial charge on any atom is 0.213 e. The third kappa shape index (κ3) is 4.06. The van der Waals surface area contributed by atoms with E-state index in [1.54, 1.807) is 7.05 Å². The van der Waals surface area contributed by atoms with Crippen LogP contribution in [0.1, 0.15) is 19.8 Å². The molecule has 5 heteroatoms. The van der Waals surface area contributed by atoms with Crippen LogP contribution in [-0.2, 0) is 10.0 Å². The van der Waals surface area contributed by atoms with Gasteiger partial charge in [0.1, 0.15) is 0 Å². The molecule has 0 heterocycles. The second-order valence-electron chi connectivity index (χ2n) is 3.67. The number of hydrogen-bond donors (Lipinski definition) is 2. The summed E-state index contributed by atoms with van der Waals surface area (Å²) in [6.07, 6.45) is 2.32. The molecule has 0 amide bonds. The third-order valence-electron chi connectivity index (χ3n) is 2.32. The molecule has 1 unspecified atom stereocenters. The second-order valence-corrected chi connectivity index (χ2v) is 5.54. The normalized spacial score (nSPS) is 20.2. The Morgan fingerprint density at radius 1 is 1.46 bits per heavy atom. The van der Waals surface area contributed by atoms with Crippen molar-refractivity contribution < 1.29 is 8.42 Å². The quantitative estimate of drug-likeness (QED) is 0.639. The Labute approximate surface area is 80.1 Å². The molecule has 1 fully saturated rings. The lowest BCUT2D eigenvalue weighted by Gasteiger charge is -2.12. The molecule has 0 aromatic heterocycles. The van der Waals surface area contributed by atoms with Crippen molar-refractivity contribution in [1.29, 1.82) is 0 Å². The predicted octanol–water partition coefficient (Wildman–Crippen LogP) is -0.0763. The first kappa shape index (κ1) is 10.9. The molecular weight excluding hydrogens is 188 g/mol. The minimum Gasteiger partial charge on any atom is -0.319 e. The number of rotatable bonds is 6. The molecule has 0 aromatic carbocycles. The average Bonchev–Trinajstić information content (AvgIpc) is 2.82. The summed E-state index contributed by atoms with van der Waals surface area (Å²) < 4.78 is 25.4. The van der Waals surface area contributed by atoms with Gasteiger partial charge in [-0.25, -0.2) is 13.1 Å². The van der Waals surface area contributed by atoms with E-state index in [-0.39, 0.29) is 11.8 Å². The summed E-state index contributed by atoms with van der Waals surface area (Å²) in [7, 11) is -1.31. The van der Waals surface area contributed by atoms with Crippen LogP contribution in [0.5, 0.6) is 0 Å². The van der Waals surface area contributed by atoms with Crippen molar-refractivity contribution in [2.75, 3.05) is 19.3 Å². The van der Waals surface area contributed by atoms with Gasteiger partial charge in [-0.3, -0.25) is 0 Å². The minimum absolute atomic E-state index is 0.113.